The fraction of sp³-hybridized carbons (Fsp3) is 0.884. The molecule has 0 bridgehead atoms. The summed E-state index contributed by atoms with van der Waals surface area (Å²) >= 11 is 0. The van der Waals surface area contributed by atoms with E-state index in [1.165, 1.54) is 167 Å². The minimum atomic E-state index is -0.623. The molecule has 0 aliphatic rings. The van der Waals surface area contributed by atoms with Crippen LogP contribution in [0.4, 0.5) is 0 Å². The molecule has 6 nitrogen and oxygen atoms in total. The number of unbranched alkanes of at least 4 members (excludes halogenated alkanes) is 24. The first kappa shape index (κ1) is 48.0. The summed E-state index contributed by atoms with van der Waals surface area (Å²) in [6.07, 6.45) is 46.1. The highest BCUT2D eigenvalue weighted by Gasteiger charge is 2.25. The lowest BCUT2D eigenvalue weighted by atomic mass is 10.1. The molecular weight excluding hydrogens is 606 g/mol. The molecule has 0 aliphatic heterocycles. The molecule has 0 fully saturated rings. The molecule has 0 heterocycles. The third kappa shape index (κ3) is 36.5. The van der Waals surface area contributed by atoms with Gasteiger partial charge in [0.15, 0.2) is 0 Å². The van der Waals surface area contributed by atoms with Crippen LogP contribution in [-0.2, 0) is 14.3 Å². The van der Waals surface area contributed by atoms with Crippen LogP contribution in [0, 0.1) is 0 Å². The van der Waals surface area contributed by atoms with Crippen molar-refractivity contribution >= 4 is 5.91 Å². The molecule has 1 amide bonds. The summed E-state index contributed by atoms with van der Waals surface area (Å²) in [6, 6.07) is -0.623. The highest BCUT2D eigenvalue weighted by atomic mass is 16.5. The summed E-state index contributed by atoms with van der Waals surface area (Å²) in [5.74, 6) is -0.0239. The van der Waals surface area contributed by atoms with Gasteiger partial charge in [0.1, 0.15) is 19.1 Å². The van der Waals surface area contributed by atoms with Gasteiger partial charge in [-0.25, -0.2) is 4.79 Å². The van der Waals surface area contributed by atoms with E-state index in [1.807, 2.05) is 0 Å². The number of allylic oxidation sites excluding steroid dienone is 4. The highest BCUT2D eigenvalue weighted by Crippen LogP contribution is 2.11. The topological polar surface area (TPSA) is 92.0 Å². The van der Waals surface area contributed by atoms with Crippen molar-refractivity contribution in [3.63, 3.8) is 0 Å². The highest BCUT2D eigenvalue weighted by molar-refractivity contribution is 5.73. The van der Waals surface area contributed by atoms with Gasteiger partial charge in [-0.3, -0.25) is 4.90 Å². The van der Waals surface area contributed by atoms with Gasteiger partial charge in [-0.15, -0.1) is 0 Å². The fourth-order valence-corrected chi connectivity index (χ4v) is 6.24. The van der Waals surface area contributed by atoms with Gasteiger partial charge >= 0.3 is 5.91 Å². The number of rotatable bonds is 40. The first-order chi connectivity index (χ1) is 24.2. The molecule has 0 aliphatic carbocycles. The molecule has 0 saturated carbocycles. The SMILES string of the molecule is CCCCCCCC/C=C\CCCCCCCCOCC[NH+](CCOCCCCCCCC/C=C\CCCCCCCC)C(=O)[C@@H](N)CN. The van der Waals surface area contributed by atoms with Crippen molar-refractivity contribution in [2.45, 2.75) is 200 Å². The van der Waals surface area contributed by atoms with Gasteiger partial charge in [-0.05, 0) is 64.2 Å². The Kier molecular flexibility index (Phi) is 40.5. The van der Waals surface area contributed by atoms with Crippen LogP contribution in [0.5, 0.6) is 0 Å². The van der Waals surface area contributed by atoms with Crippen LogP contribution >= 0.6 is 0 Å². The van der Waals surface area contributed by atoms with E-state index in [2.05, 4.69) is 38.2 Å². The molecule has 0 spiro atoms. The Morgan fingerprint density at radius 2 is 0.796 bits per heavy atom. The van der Waals surface area contributed by atoms with Gasteiger partial charge in [0.2, 0.25) is 0 Å². The van der Waals surface area contributed by atoms with Crippen LogP contribution in [-0.4, -0.2) is 58.0 Å². The number of carbonyl (C=O) groups excluding carboxylic acids is 1. The summed E-state index contributed by atoms with van der Waals surface area (Å²) in [6.45, 7) is 8.63. The van der Waals surface area contributed by atoms with E-state index in [0.717, 1.165) is 31.0 Å². The largest absolute Gasteiger partial charge is 0.376 e. The van der Waals surface area contributed by atoms with Crippen LogP contribution < -0.4 is 16.4 Å². The third-order valence-electron chi connectivity index (χ3n) is 9.64. The van der Waals surface area contributed by atoms with Crippen LogP contribution in [0.15, 0.2) is 24.3 Å². The lowest BCUT2D eigenvalue weighted by Gasteiger charge is -2.20. The number of hydrogen-bond donors (Lipinski definition) is 3. The summed E-state index contributed by atoms with van der Waals surface area (Å²) < 4.78 is 11.8. The number of nitrogens with one attached hydrogen (secondary N) is 1. The van der Waals surface area contributed by atoms with Gasteiger partial charge in [-0.1, -0.05) is 154 Å². The second-order valence-electron chi connectivity index (χ2n) is 14.4. The maximum absolute atomic E-state index is 12.8. The molecule has 5 N–H and O–H groups in total. The molecule has 0 aromatic carbocycles. The van der Waals surface area contributed by atoms with Crippen molar-refractivity contribution in [3.8, 4) is 0 Å². The number of carbonyl (C=O) groups is 1. The van der Waals surface area contributed by atoms with Crippen LogP contribution in [0.2, 0.25) is 0 Å². The molecule has 0 unspecified atom stereocenters. The van der Waals surface area contributed by atoms with Crippen LogP contribution in [0.1, 0.15) is 194 Å². The van der Waals surface area contributed by atoms with Gasteiger partial charge in [0.05, 0.1) is 13.2 Å². The standard InChI is InChI=1S/C43H85N3O3/c1-3-5-7-9-11-13-15-17-19-21-23-25-27-29-31-33-37-48-39-35-46(43(47)42(45)41-44)36-40-49-38-34-32-30-28-26-24-22-20-18-16-14-12-10-8-6-4-2/h17-20,42H,3-16,21-41,44-45H2,1-2H3/p+1/b19-17-,20-18-/t42-/m0/s1. The van der Waals surface area contributed by atoms with Crippen molar-refractivity contribution in [1.29, 1.82) is 0 Å². The monoisotopic (exact) mass is 693 g/mol. The lowest BCUT2D eigenvalue weighted by Crippen LogP contribution is -3.17. The zero-order valence-electron chi connectivity index (χ0n) is 33.0. The van der Waals surface area contributed by atoms with E-state index in [4.69, 9.17) is 20.9 Å². The Hall–Kier alpha value is -1.05. The van der Waals surface area contributed by atoms with Crippen LogP contribution in [0.25, 0.3) is 0 Å². The molecule has 0 aromatic rings. The second kappa shape index (κ2) is 41.4. The van der Waals surface area contributed by atoms with Crippen molar-refractivity contribution < 1.29 is 19.2 Å². The van der Waals surface area contributed by atoms with E-state index in [1.54, 1.807) is 0 Å². The molecular formula is C43H86N3O3+. The van der Waals surface area contributed by atoms with Crippen molar-refractivity contribution in [3.05, 3.63) is 24.3 Å². The van der Waals surface area contributed by atoms with E-state index in [9.17, 15) is 4.79 Å². The molecule has 0 rings (SSSR count). The van der Waals surface area contributed by atoms with Gasteiger partial charge in [0.25, 0.3) is 0 Å². The van der Waals surface area contributed by atoms with Crippen molar-refractivity contribution in [1.82, 2.24) is 0 Å². The quantitative estimate of drug-likeness (QED) is 0.0439. The second-order valence-corrected chi connectivity index (χ2v) is 14.4. The number of hydrogen-bond acceptors (Lipinski definition) is 5. The summed E-state index contributed by atoms with van der Waals surface area (Å²) in [5, 5.41) is 0. The summed E-state index contributed by atoms with van der Waals surface area (Å²) in [7, 11) is 0. The fourth-order valence-electron chi connectivity index (χ4n) is 6.24. The Morgan fingerprint density at radius 3 is 1.12 bits per heavy atom. The van der Waals surface area contributed by atoms with Crippen LogP contribution in [0.3, 0.4) is 0 Å². The minimum absolute atomic E-state index is 0.0239. The predicted octanol–water partition coefficient (Wildman–Crippen LogP) is 9.79. The molecule has 0 radical (unpaired) electrons. The lowest BCUT2D eigenvalue weighted by molar-refractivity contribution is -0.822. The van der Waals surface area contributed by atoms with E-state index in [-0.39, 0.29) is 12.5 Å². The average Bonchev–Trinajstić information content (AvgIpc) is 3.11. The van der Waals surface area contributed by atoms with E-state index in [0.29, 0.717) is 26.3 Å². The molecule has 0 saturated heterocycles. The Morgan fingerprint density at radius 1 is 0.490 bits per heavy atom. The molecule has 290 valence electrons. The number of ether oxygens (including phenoxy) is 2. The number of nitrogens with two attached hydrogens (primary N) is 2. The van der Waals surface area contributed by atoms with Gasteiger partial charge in [-0.2, -0.15) is 0 Å². The van der Waals surface area contributed by atoms with E-state index < -0.39 is 6.04 Å². The minimum Gasteiger partial charge on any atom is -0.376 e. The average molecular weight is 693 g/mol. The summed E-state index contributed by atoms with van der Waals surface area (Å²) in [5.41, 5.74) is 11.7. The smallest absolute Gasteiger partial charge is 0.330 e. The zero-order valence-corrected chi connectivity index (χ0v) is 33.0. The molecule has 1 atom stereocenters. The van der Waals surface area contributed by atoms with Gasteiger partial charge in [0, 0.05) is 19.8 Å². The predicted molar refractivity (Wildman–Crippen MR) is 213 cm³/mol. The first-order valence-electron chi connectivity index (χ1n) is 21.5. The Bertz CT molecular complexity index is 666. The molecule has 6 heteroatoms. The van der Waals surface area contributed by atoms with E-state index >= 15 is 0 Å². The zero-order chi connectivity index (χ0) is 35.7. The maximum atomic E-state index is 12.8. The Labute approximate surface area is 306 Å². The summed E-state index contributed by atoms with van der Waals surface area (Å²) in [4.78, 5) is 13.6. The van der Waals surface area contributed by atoms with Crippen molar-refractivity contribution in [2.24, 2.45) is 11.5 Å². The number of quaternary nitrogens is 1. The first-order valence-corrected chi connectivity index (χ1v) is 21.5. The molecule has 0 aromatic heterocycles. The third-order valence-corrected chi connectivity index (χ3v) is 9.64. The normalized spacial score (nSPS) is 12.7. The van der Waals surface area contributed by atoms with Crippen molar-refractivity contribution in [2.75, 3.05) is 46.1 Å². The number of amides is 1. The molecule has 49 heavy (non-hydrogen) atoms. The Balaban J connectivity index is 3.70. The van der Waals surface area contributed by atoms with Gasteiger partial charge < -0.3 is 20.9 Å². The maximum Gasteiger partial charge on any atom is 0.330 e.